The van der Waals surface area contributed by atoms with Gasteiger partial charge in [-0.15, -0.1) is 0 Å². The largest absolute Gasteiger partial charge is 0.338 e. The van der Waals surface area contributed by atoms with Crippen LogP contribution in [0, 0.1) is 0 Å². The molecule has 1 aromatic rings. The number of rotatable bonds is 2. The van der Waals surface area contributed by atoms with Crippen LogP contribution in [-0.4, -0.2) is 23.2 Å². The Hall–Kier alpha value is -1.06. The summed E-state index contributed by atoms with van der Waals surface area (Å²) in [7, 11) is 0. The van der Waals surface area contributed by atoms with Crippen molar-refractivity contribution in [1.29, 1.82) is 0 Å². The lowest BCUT2D eigenvalue weighted by atomic mass is 10.1. The first-order chi connectivity index (χ1) is 6.40. The molecule has 0 unspecified atom stereocenters. The minimum atomic E-state index is 0.737. The highest BCUT2D eigenvalue weighted by Gasteiger charge is 2.15. The van der Waals surface area contributed by atoms with Gasteiger partial charge in [0.1, 0.15) is 0 Å². The zero-order chi connectivity index (χ0) is 9.10. The van der Waals surface area contributed by atoms with E-state index in [4.69, 9.17) is 4.52 Å². The van der Waals surface area contributed by atoms with Crippen molar-refractivity contribution in [1.82, 2.24) is 10.1 Å². The number of aromatic nitrogens is 2. The summed E-state index contributed by atoms with van der Waals surface area (Å²) in [5, 5.41) is 3.95. The summed E-state index contributed by atoms with van der Waals surface area (Å²) >= 11 is 0. The van der Waals surface area contributed by atoms with Crippen LogP contribution in [0.15, 0.2) is 4.52 Å². The number of piperidine rings is 1. The molecule has 1 fully saturated rings. The maximum atomic E-state index is 5.06. The van der Waals surface area contributed by atoms with Crippen LogP contribution in [0.5, 0.6) is 0 Å². The van der Waals surface area contributed by atoms with Gasteiger partial charge in [-0.3, -0.25) is 0 Å². The van der Waals surface area contributed by atoms with E-state index in [0.29, 0.717) is 0 Å². The zero-order valence-electron chi connectivity index (χ0n) is 7.99. The number of aryl methyl sites for hydroxylation is 1. The molecule has 1 aliphatic rings. The van der Waals surface area contributed by atoms with Crippen LogP contribution in [0.2, 0.25) is 0 Å². The van der Waals surface area contributed by atoms with Gasteiger partial charge in [0.15, 0.2) is 0 Å². The van der Waals surface area contributed by atoms with Crippen molar-refractivity contribution >= 4 is 5.95 Å². The maximum absolute atomic E-state index is 5.06. The van der Waals surface area contributed by atoms with E-state index in [9.17, 15) is 0 Å². The molecule has 2 heterocycles. The lowest BCUT2D eigenvalue weighted by Crippen LogP contribution is -2.30. The second-order valence-corrected chi connectivity index (χ2v) is 3.39. The van der Waals surface area contributed by atoms with Crippen molar-refractivity contribution in [3.05, 3.63) is 5.89 Å². The van der Waals surface area contributed by atoms with E-state index in [1.165, 1.54) is 19.3 Å². The Labute approximate surface area is 77.9 Å². The average Bonchev–Trinajstić information content (AvgIpc) is 2.67. The molecule has 0 N–H and O–H groups in total. The zero-order valence-corrected chi connectivity index (χ0v) is 7.99. The van der Waals surface area contributed by atoms with Crippen LogP contribution in [0.3, 0.4) is 0 Å². The third kappa shape index (κ3) is 1.82. The first-order valence-electron chi connectivity index (χ1n) is 4.97. The van der Waals surface area contributed by atoms with Crippen molar-refractivity contribution in [2.75, 3.05) is 18.0 Å². The van der Waals surface area contributed by atoms with Crippen LogP contribution in [0.4, 0.5) is 5.95 Å². The molecule has 4 heteroatoms. The molecule has 1 aromatic heterocycles. The fourth-order valence-electron chi connectivity index (χ4n) is 1.61. The SMILES string of the molecule is CCc1nc(N2CCCCC2)no1. The summed E-state index contributed by atoms with van der Waals surface area (Å²) in [4.78, 5) is 6.50. The van der Waals surface area contributed by atoms with Crippen LogP contribution in [0.1, 0.15) is 32.1 Å². The van der Waals surface area contributed by atoms with Gasteiger partial charge in [0.05, 0.1) is 0 Å². The molecule has 0 amide bonds. The highest BCUT2D eigenvalue weighted by Crippen LogP contribution is 2.15. The van der Waals surface area contributed by atoms with Crippen LogP contribution < -0.4 is 4.90 Å². The Kier molecular flexibility index (Phi) is 2.47. The highest BCUT2D eigenvalue weighted by molar-refractivity contribution is 5.27. The lowest BCUT2D eigenvalue weighted by molar-refractivity contribution is 0.380. The van der Waals surface area contributed by atoms with Crippen molar-refractivity contribution in [3.63, 3.8) is 0 Å². The standard InChI is InChI=1S/C9H15N3O/c1-2-8-10-9(11-13-8)12-6-4-3-5-7-12/h2-7H2,1H3. The van der Waals surface area contributed by atoms with Gasteiger partial charge >= 0.3 is 0 Å². The molecule has 0 bridgehead atoms. The molecule has 0 aromatic carbocycles. The number of hydrogen-bond acceptors (Lipinski definition) is 4. The second kappa shape index (κ2) is 3.77. The molecule has 0 radical (unpaired) electrons. The van der Waals surface area contributed by atoms with Gasteiger partial charge in [0, 0.05) is 19.5 Å². The van der Waals surface area contributed by atoms with Gasteiger partial charge in [-0.2, -0.15) is 4.98 Å². The molecule has 0 saturated carbocycles. The van der Waals surface area contributed by atoms with Crippen LogP contribution in [0.25, 0.3) is 0 Å². The van der Waals surface area contributed by atoms with E-state index in [1.54, 1.807) is 0 Å². The van der Waals surface area contributed by atoms with Crippen LogP contribution in [-0.2, 0) is 6.42 Å². The summed E-state index contributed by atoms with van der Waals surface area (Å²) in [5.41, 5.74) is 0. The molecular weight excluding hydrogens is 166 g/mol. The summed E-state index contributed by atoms with van der Waals surface area (Å²) in [6.45, 7) is 4.17. The molecule has 13 heavy (non-hydrogen) atoms. The monoisotopic (exact) mass is 181 g/mol. The van der Waals surface area contributed by atoms with E-state index in [2.05, 4.69) is 15.0 Å². The molecule has 1 aliphatic heterocycles. The van der Waals surface area contributed by atoms with Crippen molar-refractivity contribution in [2.45, 2.75) is 32.6 Å². The number of nitrogens with zero attached hydrogens (tertiary/aromatic N) is 3. The normalized spacial score (nSPS) is 17.8. The predicted molar refractivity (Wildman–Crippen MR) is 49.7 cm³/mol. The minimum absolute atomic E-state index is 0.737. The quantitative estimate of drug-likeness (QED) is 0.695. The summed E-state index contributed by atoms with van der Waals surface area (Å²) in [6, 6.07) is 0. The van der Waals surface area contributed by atoms with Gasteiger partial charge in [0.2, 0.25) is 5.89 Å². The smallest absolute Gasteiger partial charge is 0.266 e. The van der Waals surface area contributed by atoms with Crippen molar-refractivity contribution in [2.24, 2.45) is 0 Å². The van der Waals surface area contributed by atoms with E-state index in [-0.39, 0.29) is 0 Å². The highest BCUT2D eigenvalue weighted by atomic mass is 16.5. The van der Waals surface area contributed by atoms with E-state index < -0.39 is 0 Å². The topological polar surface area (TPSA) is 42.2 Å². The first kappa shape index (κ1) is 8.53. The molecule has 0 aliphatic carbocycles. The van der Waals surface area contributed by atoms with E-state index in [1.807, 2.05) is 6.92 Å². The molecular formula is C9H15N3O. The van der Waals surface area contributed by atoms with E-state index >= 15 is 0 Å². The third-order valence-electron chi connectivity index (χ3n) is 2.40. The van der Waals surface area contributed by atoms with Crippen LogP contribution >= 0.6 is 0 Å². The Bertz CT molecular complexity index is 266. The van der Waals surface area contributed by atoms with Gasteiger partial charge in [0.25, 0.3) is 5.95 Å². The number of anilines is 1. The van der Waals surface area contributed by atoms with Gasteiger partial charge < -0.3 is 9.42 Å². The molecule has 0 atom stereocenters. The molecule has 4 nitrogen and oxygen atoms in total. The lowest BCUT2D eigenvalue weighted by Gasteiger charge is -2.24. The van der Waals surface area contributed by atoms with E-state index in [0.717, 1.165) is 31.3 Å². The molecule has 1 saturated heterocycles. The van der Waals surface area contributed by atoms with Gasteiger partial charge in [-0.05, 0) is 24.4 Å². The fraction of sp³-hybridized carbons (Fsp3) is 0.778. The predicted octanol–water partition coefficient (Wildman–Crippen LogP) is 1.62. The molecule has 2 rings (SSSR count). The van der Waals surface area contributed by atoms with Crippen molar-refractivity contribution in [3.8, 4) is 0 Å². The van der Waals surface area contributed by atoms with Gasteiger partial charge in [-0.1, -0.05) is 6.92 Å². The Morgan fingerprint density at radius 2 is 2.08 bits per heavy atom. The Morgan fingerprint density at radius 1 is 1.31 bits per heavy atom. The Morgan fingerprint density at radius 3 is 2.69 bits per heavy atom. The molecule has 72 valence electrons. The Balaban J connectivity index is 2.05. The number of hydrogen-bond donors (Lipinski definition) is 0. The third-order valence-corrected chi connectivity index (χ3v) is 2.40. The van der Waals surface area contributed by atoms with Gasteiger partial charge in [-0.25, -0.2) is 0 Å². The summed E-state index contributed by atoms with van der Waals surface area (Å²) in [5.74, 6) is 1.51. The molecule has 0 spiro atoms. The summed E-state index contributed by atoms with van der Waals surface area (Å²) < 4.78 is 5.06. The van der Waals surface area contributed by atoms with Crippen molar-refractivity contribution < 1.29 is 4.52 Å². The minimum Gasteiger partial charge on any atom is -0.338 e. The fourth-order valence-corrected chi connectivity index (χ4v) is 1.61. The second-order valence-electron chi connectivity index (χ2n) is 3.39. The summed E-state index contributed by atoms with van der Waals surface area (Å²) in [6.07, 6.45) is 4.64. The average molecular weight is 181 g/mol. The first-order valence-corrected chi connectivity index (χ1v) is 4.97. The maximum Gasteiger partial charge on any atom is 0.266 e.